The molecule has 79 heavy (non-hydrogen) atoms. The first-order valence-electron chi connectivity index (χ1n) is 26.7. The number of carboxylic acid groups (broad SMARTS) is 2. The Morgan fingerprint density at radius 3 is 1.82 bits per heavy atom. The van der Waals surface area contributed by atoms with Crippen LogP contribution in [0.25, 0.3) is 0 Å². The molecule has 0 aliphatic carbocycles. The number of amides is 9. The lowest BCUT2D eigenvalue weighted by Gasteiger charge is -2.31. The SMILES string of the molecule is CC(C)C[C@H](NC(=O)[C@H](CCC(N)=O)NC(=O)[C@@H](NC(=O)[C@H](Cc1ccc(O)cc1)NC(=O)[C@H](CCCN=C(N)N)NC(=O)[C@@H]1CCCN1C(=O)[C@H](CCCCN)NC(=O)[C@@H]1CCCN1)C(C)C)C(=O)N[C@@H](CC(=O)O)C(=O)O. The van der Waals surface area contributed by atoms with Gasteiger partial charge >= 0.3 is 11.9 Å². The number of unbranched alkanes of at least 4 members (excludes halogenated alkanes) is 1. The first-order valence-corrected chi connectivity index (χ1v) is 26.7. The largest absolute Gasteiger partial charge is 0.508 e. The number of aliphatic imine (C=N–C) groups is 1. The zero-order valence-corrected chi connectivity index (χ0v) is 45.4. The molecule has 28 nitrogen and oxygen atoms in total. The maximum atomic E-state index is 14.5. The van der Waals surface area contributed by atoms with Gasteiger partial charge in [-0.25, -0.2) is 4.79 Å². The molecular weight excluding hydrogens is 1030 g/mol. The van der Waals surface area contributed by atoms with Crippen molar-refractivity contribution >= 4 is 71.1 Å². The third-order valence-corrected chi connectivity index (χ3v) is 13.3. The molecule has 0 spiro atoms. The summed E-state index contributed by atoms with van der Waals surface area (Å²) in [4.78, 5) is 153. The summed E-state index contributed by atoms with van der Waals surface area (Å²) in [5, 5.41) is 49.9. The molecule has 2 heterocycles. The van der Waals surface area contributed by atoms with Crippen molar-refractivity contribution in [3.63, 3.8) is 0 Å². The minimum atomic E-state index is -1.85. The quantitative estimate of drug-likeness (QED) is 0.0183. The molecule has 3 rings (SSSR count). The Morgan fingerprint density at radius 2 is 1.25 bits per heavy atom. The van der Waals surface area contributed by atoms with E-state index in [1.165, 1.54) is 29.2 Å². The number of carboxylic acids is 2. The summed E-state index contributed by atoms with van der Waals surface area (Å²) in [7, 11) is 0. The number of aromatic hydroxyl groups is 1. The lowest BCUT2D eigenvalue weighted by Crippen LogP contribution is -2.61. The highest BCUT2D eigenvalue weighted by atomic mass is 16.4. The minimum absolute atomic E-state index is 0.0423. The molecule has 0 saturated carbocycles. The van der Waals surface area contributed by atoms with Crippen LogP contribution in [0, 0.1) is 11.8 Å². The number of rotatable bonds is 34. The summed E-state index contributed by atoms with van der Waals surface area (Å²) in [6, 6.07) is -5.92. The number of carbonyl (C=O) groups is 11. The summed E-state index contributed by atoms with van der Waals surface area (Å²) in [6.45, 7) is 7.79. The van der Waals surface area contributed by atoms with Crippen molar-refractivity contribution in [3.8, 4) is 5.75 Å². The van der Waals surface area contributed by atoms with Gasteiger partial charge in [0.1, 0.15) is 54.1 Å². The normalized spacial score (nSPS) is 17.6. The molecule has 1 aromatic rings. The number of phenols is 1. The number of nitrogens with zero attached hydrogens (tertiary/aromatic N) is 2. The predicted molar refractivity (Wildman–Crippen MR) is 287 cm³/mol. The number of primary amides is 1. The zero-order valence-electron chi connectivity index (χ0n) is 45.4. The number of aliphatic carboxylic acids is 2. The topological polar surface area (TPSA) is 464 Å². The van der Waals surface area contributed by atoms with E-state index in [9.17, 15) is 68.1 Å². The van der Waals surface area contributed by atoms with Gasteiger partial charge in [-0.05, 0) is 113 Å². The van der Waals surface area contributed by atoms with Crippen LogP contribution < -0.4 is 65.5 Å². The lowest BCUT2D eigenvalue weighted by atomic mass is 9.99. The van der Waals surface area contributed by atoms with Gasteiger partial charge in [0.2, 0.25) is 53.2 Å². The maximum absolute atomic E-state index is 14.5. The second-order valence-electron chi connectivity index (χ2n) is 20.6. The van der Waals surface area contributed by atoms with Crippen LogP contribution in [0.1, 0.15) is 117 Å². The fraction of sp³-hybridized carbons (Fsp3) is 0.647. The summed E-state index contributed by atoms with van der Waals surface area (Å²) in [6.07, 6.45) is 1.47. The Morgan fingerprint density at radius 1 is 0.671 bits per heavy atom. The van der Waals surface area contributed by atoms with Gasteiger partial charge in [-0.3, -0.25) is 52.9 Å². The molecule has 0 radical (unpaired) electrons. The molecule has 2 aliphatic rings. The number of guanidine groups is 1. The highest BCUT2D eigenvalue weighted by Crippen LogP contribution is 2.22. The van der Waals surface area contributed by atoms with Crippen molar-refractivity contribution in [3.05, 3.63) is 29.8 Å². The summed E-state index contributed by atoms with van der Waals surface area (Å²) >= 11 is 0. The van der Waals surface area contributed by atoms with Gasteiger partial charge in [0.15, 0.2) is 5.96 Å². The fourth-order valence-corrected chi connectivity index (χ4v) is 9.05. The van der Waals surface area contributed by atoms with Gasteiger partial charge < -0.3 is 85.7 Å². The lowest BCUT2D eigenvalue weighted by molar-refractivity contribution is -0.147. The third kappa shape index (κ3) is 22.7. The monoisotopic (exact) mass is 1110 g/mol. The smallest absolute Gasteiger partial charge is 0.326 e. The second-order valence-corrected chi connectivity index (χ2v) is 20.6. The molecular formula is C51H82N14O14. The number of benzene rings is 1. The van der Waals surface area contributed by atoms with Gasteiger partial charge in [0, 0.05) is 25.9 Å². The second kappa shape index (κ2) is 33.0. The van der Waals surface area contributed by atoms with Gasteiger partial charge in [-0.2, -0.15) is 0 Å². The van der Waals surface area contributed by atoms with Crippen LogP contribution in [-0.2, 0) is 59.2 Å². The maximum Gasteiger partial charge on any atom is 0.326 e. The molecule has 28 heteroatoms. The van der Waals surface area contributed by atoms with E-state index in [-0.39, 0.29) is 75.1 Å². The van der Waals surface area contributed by atoms with Gasteiger partial charge in [0.05, 0.1) is 12.5 Å². The molecule has 0 unspecified atom stereocenters. The average Bonchev–Trinajstić information content (AvgIpc) is 4.15. The average molecular weight is 1120 g/mol. The van der Waals surface area contributed by atoms with Gasteiger partial charge in [0.25, 0.3) is 0 Å². The van der Waals surface area contributed by atoms with Crippen molar-refractivity contribution in [1.82, 2.24) is 47.4 Å². The predicted octanol–water partition coefficient (Wildman–Crippen LogP) is -3.22. The standard InChI is InChI=1S/C51H82N14O14/c1-27(2)24-35(45(73)63-37(50(78)79)26-40(68)69)61-44(72)33(18-19-39(53)67)59-48(76)41(28(3)4)64-46(74)36(25-29-14-16-30(66)17-15-29)62-43(71)32(12-8-22-57-51(54)55)58-47(75)38-13-9-23-65(38)49(77)34(10-5-6-20-52)60-42(70)31-11-7-21-56-31/h14-17,27-28,31-38,41,56,66H,5-13,18-26,52H2,1-4H3,(H2,53,67)(H,58,75)(H,59,76)(H,60,70)(H,61,72)(H,62,71)(H,63,73)(H,64,74)(H,68,69)(H,78,79)(H4,54,55,57)/t31-,32-,33-,34-,35-,36-,37-,38-,41-/m0/s1. The van der Waals surface area contributed by atoms with Crippen LogP contribution in [0.15, 0.2) is 29.3 Å². The molecule has 2 saturated heterocycles. The molecule has 2 fully saturated rings. The van der Waals surface area contributed by atoms with Gasteiger partial charge in [-0.15, -0.1) is 0 Å². The Labute approximate surface area is 458 Å². The zero-order chi connectivity index (χ0) is 58.9. The third-order valence-electron chi connectivity index (χ3n) is 13.3. The number of likely N-dealkylation sites (tertiary alicyclic amines) is 1. The molecule has 0 bridgehead atoms. The fourth-order valence-electron chi connectivity index (χ4n) is 9.05. The Kier molecular flexibility index (Phi) is 27.4. The van der Waals surface area contributed by atoms with Crippen LogP contribution >= 0.6 is 0 Å². The van der Waals surface area contributed by atoms with Crippen LogP contribution in [-0.4, -0.2) is 172 Å². The van der Waals surface area contributed by atoms with Crippen molar-refractivity contribution in [2.75, 3.05) is 26.2 Å². The summed E-state index contributed by atoms with van der Waals surface area (Å²) in [5.41, 5.74) is 22.7. The first-order chi connectivity index (χ1) is 37.3. The molecule has 0 aromatic heterocycles. The first kappa shape index (κ1) is 65.7. The van der Waals surface area contributed by atoms with E-state index in [4.69, 9.17) is 22.9 Å². The minimum Gasteiger partial charge on any atom is -0.508 e. The highest BCUT2D eigenvalue weighted by Gasteiger charge is 2.41. The van der Waals surface area contributed by atoms with Crippen molar-refractivity contribution < 1.29 is 68.1 Å². The Hall–Kier alpha value is -7.62. The van der Waals surface area contributed by atoms with Crippen molar-refractivity contribution in [2.24, 2.45) is 39.8 Å². The molecule has 19 N–H and O–H groups in total. The van der Waals surface area contributed by atoms with E-state index < -0.39 is 139 Å². The summed E-state index contributed by atoms with van der Waals surface area (Å²) < 4.78 is 0. The molecule has 9 amide bonds. The Balaban J connectivity index is 1.93. The molecule has 9 atom stereocenters. The van der Waals surface area contributed by atoms with Crippen LogP contribution in [0.2, 0.25) is 0 Å². The number of nitrogens with one attached hydrogen (secondary N) is 8. The number of carbonyl (C=O) groups excluding carboxylic acids is 9. The number of phenolic OH excluding ortho intramolecular Hbond substituents is 1. The number of hydrogen-bond acceptors (Lipinski definition) is 15. The van der Waals surface area contributed by atoms with Crippen LogP contribution in [0.3, 0.4) is 0 Å². The number of nitrogens with two attached hydrogens (primary N) is 4. The van der Waals surface area contributed by atoms with E-state index in [1.54, 1.807) is 27.7 Å². The van der Waals surface area contributed by atoms with Crippen LogP contribution in [0.4, 0.5) is 0 Å². The van der Waals surface area contributed by atoms with Crippen molar-refractivity contribution in [1.29, 1.82) is 0 Å². The summed E-state index contributed by atoms with van der Waals surface area (Å²) in [5.74, 6) is -11.6. The number of hydrogen-bond donors (Lipinski definition) is 15. The van der Waals surface area contributed by atoms with Crippen LogP contribution in [0.5, 0.6) is 5.75 Å². The van der Waals surface area contributed by atoms with E-state index in [0.29, 0.717) is 44.3 Å². The van der Waals surface area contributed by atoms with E-state index in [0.717, 1.165) is 6.42 Å². The molecule has 440 valence electrons. The van der Waals surface area contributed by atoms with Gasteiger partial charge in [-0.1, -0.05) is 39.8 Å². The molecule has 1 aromatic carbocycles. The van der Waals surface area contributed by atoms with E-state index in [1.807, 2.05) is 0 Å². The van der Waals surface area contributed by atoms with Crippen molar-refractivity contribution in [2.45, 2.75) is 172 Å². The van der Waals surface area contributed by atoms with E-state index >= 15 is 0 Å². The molecule has 2 aliphatic heterocycles. The van der Waals surface area contributed by atoms with E-state index in [2.05, 4.69) is 47.5 Å². The Bertz CT molecular complexity index is 2310. The highest BCUT2D eigenvalue weighted by molar-refractivity contribution is 5.98.